The van der Waals surface area contributed by atoms with Crippen LogP contribution in [0.15, 0.2) is 41.2 Å². The second kappa shape index (κ2) is 7.15. The lowest BCUT2D eigenvalue weighted by Crippen LogP contribution is -2.46. The van der Waals surface area contributed by atoms with E-state index in [1.807, 2.05) is 44.2 Å². The highest BCUT2D eigenvalue weighted by Crippen LogP contribution is 2.41. The maximum absolute atomic E-state index is 13.5. The normalized spacial score (nSPS) is 19.1. The van der Waals surface area contributed by atoms with Crippen LogP contribution in [0.2, 0.25) is 0 Å². The van der Waals surface area contributed by atoms with Crippen molar-refractivity contribution in [3.8, 4) is 11.4 Å². The van der Waals surface area contributed by atoms with Crippen molar-refractivity contribution in [2.24, 2.45) is 0 Å². The molecule has 5 rings (SSSR count). The van der Waals surface area contributed by atoms with Crippen molar-refractivity contribution in [2.75, 3.05) is 0 Å². The molecule has 158 valence electrons. The summed E-state index contributed by atoms with van der Waals surface area (Å²) in [6.45, 7) is 4.18. The molecule has 1 aliphatic heterocycles. The largest absolute Gasteiger partial charge is 0.446 e. The zero-order chi connectivity index (χ0) is 21.8. The number of carbonyl (C=O) groups excluding carboxylic acids is 2. The molecule has 1 aliphatic carbocycles. The number of fused-ring (bicyclic) bond motifs is 5. The third-order valence-corrected chi connectivity index (χ3v) is 6.50. The Hall–Kier alpha value is -3.28. The second-order valence-electron chi connectivity index (χ2n) is 8.33. The molecule has 2 aromatic heterocycles. The summed E-state index contributed by atoms with van der Waals surface area (Å²) in [5.74, 6) is -0.545. The first kappa shape index (κ1) is 19.7. The summed E-state index contributed by atoms with van der Waals surface area (Å²) in [5.41, 5.74) is 2.87. The number of pyridine rings is 2. The Kier molecular flexibility index (Phi) is 4.54. The summed E-state index contributed by atoms with van der Waals surface area (Å²) >= 11 is 0. The quantitative estimate of drug-likeness (QED) is 0.472. The van der Waals surface area contributed by atoms with Crippen LogP contribution in [0, 0.1) is 0 Å². The van der Waals surface area contributed by atoms with Crippen LogP contribution in [0.1, 0.15) is 56.2 Å². The number of nitrogens with zero attached hydrogens (tertiary/aromatic N) is 2. The Morgan fingerprint density at radius 3 is 2.74 bits per heavy atom. The lowest BCUT2D eigenvalue weighted by Gasteiger charge is -2.36. The molecule has 3 heterocycles. The molecule has 2 aliphatic rings. The molecule has 31 heavy (non-hydrogen) atoms. The number of benzene rings is 1. The molecule has 6 heteroatoms. The van der Waals surface area contributed by atoms with Gasteiger partial charge in [-0.1, -0.05) is 32.0 Å². The summed E-state index contributed by atoms with van der Waals surface area (Å²) in [6, 6.07) is 11.8. The third kappa shape index (κ3) is 2.85. The van der Waals surface area contributed by atoms with E-state index in [0.717, 1.165) is 22.2 Å². The van der Waals surface area contributed by atoms with Crippen LogP contribution < -0.4 is 5.56 Å². The number of hydrogen-bond acceptors (Lipinski definition) is 5. The topological polar surface area (TPSA) is 78.3 Å². The van der Waals surface area contributed by atoms with E-state index in [9.17, 15) is 14.4 Å². The van der Waals surface area contributed by atoms with E-state index in [4.69, 9.17) is 9.72 Å². The van der Waals surface area contributed by atoms with Crippen LogP contribution in [0.3, 0.4) is 0 Å². The van der Waals surface area contributed by atoms with E-state index < -0.39 is 11.6 Å². The zero-order valence-corrected chi connectivity index (χ0v) is 17.7. The molecular weight excluding hydrogens is 392 g/mol. The number of carbonyl (C=O) groups is 2. The van der Waals surface area contributed by atoms with Crippen molar-refractivity contribution < 1.29 is 14.3 Å². The highest BCUT2D eigenvalue weighted by Gasteiger charge is 2.47. The van der Waals surface area contributed by atoms with Crippen molar-refractivity contribution in [3.05, 3.63) is 63.4 Å². The van der Waals surface area contributed by atoms with E-state index >= 15 is 0 Å². The summed E-state index contributed by atoms with van der Waals surface area (Å²) in [7, 11) is 0. The van der Waals surface area contributed by atoms with Crippen LogP contribution in [0.25, 0.3) is 22.3 Å². The Balaban J connectivity index is 1.73. The van der Waals surface area contributed by atoms with Gasteiger partial charge in [0, 0.05) is 34.9 Å². The molecule has 0 radical (unpaired) electrons. The van der Waals surface area contributed by atoms with E-state index in [2.05, 4.69) is 6.07 Å². The third-order valence-electron chi connectivity index (χ3n) is 6.50. The van der Waals surface area contributed by atoms with Crippen molar-refractivity contribution in [1.29, 1.82) is 0 Å². The number of rotatable bonds is 4. The Bertz CT molecular complexity index is 1310. The molecule has 0 spiro atoms. The summed E-state index contributed by atoms with van der Waals surface area (Å²) < 4.78 is 7.56. The predicted octanol–water partition coefficient (Wildman–Crippen LogP) is 3.89. The molecule has 0 fully saturated rings. The number of hydrogen-bond donors (Lipinski definition) is 0. The Morgan fingerprint density at radius 1 is 1.16 bits per heavy atom. The van der Waals surface area contributed by atoms with Gasteiger partial charge >= 0.3 is 5.97 Å². The summed E-state index contributed by atoms with van der Waals surface area (Å²) in [5, 5.41) is 1.03. The minimum atomic E-state index is -1.39. The lowest BCUT2D eigenvalue weighted by molar-refractivity contribution is -0.170. The van der Waals surface area contributed by atoms with Gasteiger partial charge in [0.15, 0.2) is 11.4 Å². The van der Waals surface area contributed by atoms with Crippen molar-refractivity contribution in [2.45, 2.75) is 58.1 Å². The Labute approximate surface area is 179 Å². The standard InChI is InChI=1S/C25H24N2O4/c1-3-7-22(29)31-25(4-2)18-13-20-23-16(12-15-8-5-6-9-19(15)26-23)14-27(20)24(30)17(18)10-11-21(25)28/h5-6,8-9,12-13H,3-4,7,10-11,14H2,1-2H3/t25-/m0/s1. The average molecular weight is 416 g/mol. The molecular formula is C25H24N2O4. The highest BCUT2D eigenvalue weighted by molar-refractivity contribution is 5.93. The maximum Gasteiger partial charge on any atom is 0.307 e. The van der Waals surface area contributed by atoms with Crippen LogP contribution in [0.4, 0.5) is 0 Å². The van der Waals surface area contributed by atoms with Gasteiger partial charge in [-0.15, -0.1) is 0 Å². The van der Waals surface area contributed by atoms with Crippen LogP contribution >= 0.6 is 0 Å². The summed E-state index contributed by atoms with van der Waals surface area (Å²) in [4.78, 5) is 43.8. The Morgan fingerprint density at radius 2 is 1.97 bits per heavy atom. The molecule has 0 N–H and O–H groups in total. The molecule has 3 aromatic rings. The van der Waals surface area contributed by atoms with Gasteiger partial charge in [-0.3, -0.25) is 14.4 Å². The molecule has 6 nitrogen and oxygen atoms in total. The predicted molar refractivity (Wildman–Crippen MR) is 117 cm³/mol. The number of Topliss-reactive ketones (excluding diaryl/α,β-unsaturated/α-hetero) is 1. The highest BCUT2D eigenvalue weighted by atomic mass is 16.6. The fourth-order valence-electron chi connectivity index (χ4n) is 4.93. The van der Waals surface area contributed by atoms with Gasteiger partial charge in [-0.2, -0.15) is 0 Å². The zero-order valence-electron chi connectivity index (χ0n) is 17.7. The molecule has 0 saturated heterocycles. The number of esters is 1. The fraction of sp³-hybridized carbons (Fsp3) is 0.360. The number of ether oxygens (including phenoxy) is 1. The second-order valence-corrected chi connectivity index (χ2v) is 8.33. The van der Waals surface area contributed by atoms with Crippen LogP contribution in [0.5, 0.6) is 0 Å². The molecule has 1 aromatic carbocycles. The van der Waals surface area contributed by atoms with Crippen LogP contribution in [-0.2, 0) is 32.9 Å². The van der Waals surface area contributed by atoms with Gasteiger partial charge < -0.3 is 9.30 Å². The molecule has 0 amide bonds. The van der Waals surface area contributed by atoms with Gasteiger partial charge in [-0.05, 0) is 37.5 Å². The number of ketones is 1. The SMILES string of the molecule is CCCC(=O)O[C@]1(CC)C(=O)CCc2c1cc1n(c2=O)Cc2cc3ccccc3nc2-1. The monoisotopic (exact) mass is 416 g/mol. The average Bonchev–Trinajstić information content (AvgIpc) is 3.12. The smallest absolute Gasteiger partial charge is 0.307 e. The van der Waals surface area contributed by atoms with Crippen LogP contribution in [-0.4, -0.2) is 21.3 Å². The van der Waals surface area contributed by atoms with Gasteiger partial charge in [-0.25, -0.2) is 4.98 Å². The molecule has 1 atom stereocenters. The van der Waals surface area contributed by atoms with E-state index in [-0.39, 0.29) is 24.2 Å². The fourth-order valence-corrected chi connectivity index (χ4v) is 4.93. The molecule has 0 bridgehead atoms. The van der Waals surface area contributed by atoms with Crippen molar-refractivity contribution in [3.63, 3.8) is 0 Å². The maximum atomic E-state index is 13.5. The number of aromatic nitrogens is 2. The van der Waals surface area contributed by atoms with E-state index in [0.29, 0.717) is 42.6 Å². The first-order valence-corrected chi connectivity index (χ1v) is 10.9. The first-order chi connectivity index (χ1) is 15.0. The van der Waals surface area contributed by atoms with E-state index in [1.54, 1.807) is 4.57 Å². The number of para-hydroxylation sites is 1. The van der Waals surface area contributed by atoms with Crippen molar-refractivity contribution in [1.82, 2.24) is 9.55 Å². The minimum Gasteiger partial charge on any atom is -0.446 e. The first-order valence-electron chi connectivity index (χ1n) is 10.9. The lowest BCUT2D eigenvalue weighted by atomic mass is 9.76. The molecule has 0 unspecified atom stereocenters. The van der Waals surface area contributed by atoms with E-state index in [1.165, 1.54) is 0 Å². The van der Waals surface area contributed by atoms with Gasteiger partial charge in [0.1, 0.15) is 0 Å². The summed E-state index contributed by atoms with van der Waals surface area (Å²) in [6.07, 6.45) is 1.74. The van der Waals surface area contributed by atoms with Gasteiger partial charge in [0.25, 0.3) is 5.56 Å². The molecule has 0 saturated carbocycles. The van der Waals surface area contributed by atoms with Gasteiger partial charge in [0.05, 0.1) is 23.4 Å². The van der Waals surface area contributed by atoms with Crippen molar-refractivity contribution >= 4 is 22.7 Å². The minimum absolute atomic E-state index is 0.119. The van der Waals surface area contributed by atoms with Gasteiger partial charge in [0.2, 0.25) is 0 Å².